The molecule has 1 aliphatic heterocycles. The van der Waals surface area contributed by atoms with Gasteiger partial charge in [-0.1, -0.05) is 25.0 Å². The highest BCUT2D eigenvalue weighted by Crippen LogP contribution is 2.30. The maximum absolute atomic E-state index is 13.9. The van der Waals surface area contributed by atoms with Gasteiger partial charge in [0.1, 0.15) is 5.82 Å². The summed E-state index contributed by atoms with van der Waals surface area (Å²) in [5.74, 6) is -0.428. The van der Waals surface area contributed by atoms with Crippen molar-refractivity contribution in [2.75, 3.05) is 18.5 Å². The number of nitrogens with zero attached hydrogens (tertiary/aromatic N) is 2. The topological polar surface area (TPSA) is 43.8 Å². The molecule has 0 radical (unpaired) electrons. The summed E-state index contributed by atoms with van der Waals surface area (Å²) in [4.78, 5) is 16.2. The first-order chi connectivity index (χ1) is 10.6. The maximum Gasteiger partial charge on any atom is 0.244 e. The van der Waals surface area contributed by atoms with Gasteiger partial charge in [-0.3, -0.25) is 9.69 Å². The molecule has 1 aliphatic carbocycles. The number of anilines is 1. The molecular formula is C17H23FN2O2. The fourth-order valence-corrected chi connectivity index (χ4v) is 3.75. The molecule has 4 nitrogen and oxygen atoms in total. The molecule has 1 saturated carbocycles. The van der Waals surface area contributed by atoms with Gasteiger partial charge in [0.25, 0.3) is 0 Å². The number of aliphatic hydroxyl groups is 1. The number of hydrogen-bond donors (Lipinski definition) is 1. The predicted molar refractivity (Wildman–Crippen MR) is 83.2 cm³/mol. The molecule has 0 spiro atoms. The van der Waals surface area contributed by atoms with Crippen LogP contribution in [0, 0.1) is 5.82 Å². The normalized spacial score (nSPS) is 29.4. The SMILES string of the molecule is CN(C1CCN(c2ccccc2F)C1=O)C1CCCCC1O. The van der Waals surface area contributed by atoms with Crippen LogP contribution >= 0.6 is 0 Å². The van der Waals surface area contributed by atoms with Crippen LogP contribution < -0.4 is 4.90 Å². The second-order valence-electron chi connectivity index (χ2n) is 6.33. The van der Waals surface area contributed by atoms with Crippen LogP contribution in [-0.4, -0.2) is 47.7 Å². The zero-order valence-corrected chi connectivity index (χ0v) is 12.9. The van der Waals surface area contributed by atoms with Gasteiger partial charge in [-0.15, -0.1) is 0 Å². The number of carbonyl (C=O) groups is 1. The molecule has 2 aliphatic rings. The van der Waals surface area contributed by atoms with Crippen LogP contribution in [0.2, 0.25) is 0 Å². The van der Waals surface area contributed by atoms with E-state index in [-0.39, 0.29) is 29.9 Å². The van der Waals surface area contributed by atoms with Crippen LogP contribution in [0.5, 0.6) is 0 Å². The van der Waals surface area contributed by atoms with E-state index in [1.165, 1.54) is 11.0 Å². The third-order valence-electron chi connectivity index (χ3n) is 5.03. The molecule has 1 amide bonds. The molecule has 3 rings (SSSR count). The molecule has 120 valence electrons. The summed E-state index contributed by atoms with van der Waals surface area (Å²) < 4.78 is 13.9. The van der Waals surface area contributed by atoms with Crippen LogP contribution in [0.15, 0.2) is 24.3 Å². The van der Waals surface area contributed by atoms with Crippen molar-refractivity contribution < 1.29 is 14.3 Å². The van der Waals surface area contributed by atoms with Crippen LogP contribution in [0.1, 0.15) is 32.1 Å². The molecule has 0 bridgehead atoms. The van der Waals surface area contributed by atoms with E-state index in [0.717, 1.165) is 25.7 Å². The zero-order chi connectivity index (χ0) is 15.7. The number of amides is 1. The Balaban J connectivity index is 1.74. The Kier molecular flexibility index (Phi) is 4.45. The molecule has 1 N–H and O–H groups in total. The quantitative estimate of drug-likeness (QED) is 0.931. The molecule has 5 heteroatoms. The van der Waals surface area contributed by atoms with Gasteiger partial charge < -0.3 is 10.0 Å². The van der Waals surface area contributed by atoms with E-state index in [2.05, 4.69) is 0 Å². The van der Waals surface area contributed by atoms with Crippen molar-refractivity contribution in [2.24, 2.45) is 0 Å². The maximum atomic E-state index is 13.9. The molecule has 3 unspecified atom stereocenters. The summed E-state index contributed by atoms with van der Waals surface area (Å²) in [5, 5.41) is 10.2. The molecule has 1 saturated heterocycles. The van der Waals surface area contributed by atoms with Crippen molar-refractivity contribution in [2.45, 2.75) is 50.3 Å². The van der Waals surface area contributed by atoms with E-state index >= 15 is 0 Å². The number of rotatable bonds is 3. The van der Waals surface area contributed by atoms with Crippen LogP contribution in [0.25, 0.3) is 0 Å². The number of aliphatic hydroxyl groups excluding tert-OH is 1. The van der Waals surface area contributed by atoms with Gasteiger partial charge in [0, 0.05) is 12.6 Å². The Morgan fingerprint density at radius 1 is 1.23 bits per heavy atom. The predicted octanol–water partition coefficient (Wildman–Crippen LogP) is 2.17. The van der Waals surface area contributed by atoms with E-state index in [9.17, 15) is 14.3 Å². The fourth-order valence-electron chi connectivity index (χ4n) is 3.75. The van der Waals surface area contributed by atoms with Crippen molar-refractivity contribution in [1.82, 2.24) is 4.90 Å². The van der Waals surface area contributed by atoms with Gasteiger partial charge in [-0.2, -0.15) is 0 Å². The summed E-state index contributed by atoms with van der Waals surface area (Å²) in [6.45, 7) is 0.525. The second-order valence-corrected chi connectivity index (χ2v) is 6.33. The summed E-state index contributed by atoms with van der Waals surface area (Å²) in [7, 11) is 1.91. The van der Waals surface area contributed by atoms with Gasteiger partial charge in [0.15, 0.2) is 0 Å². The number of likely N-dealkylation sites (N-methyl/N-ethyl adjacent to an activating group) is 1. The number of carbonyl (C=O) groups excluding carboxylic acids is 1. The molecular weight excluding hydrogens is 283 g/mol. The molecule has 0 aromatic heterocycles. The monoisotopic (exact) mass is 306 g/mol. The van der Waals surface area contributed by atoms with Gasteiger partial charge in [0.2, 0.25) is 5.91 Å². The van der Waals surface area contributed by atoms with Crippen LogP contribution in [0.3, 0.4) is 0 Å². The lowest BCUT2D eigenvalue weighted by molar-refractivity contribution is -0.123. The smallest absolute Gasteiger partial charge is 0.244 e. The van der Waals surface area contributed by atoms with Crippen molar-refractivity contribution in [3.63, 3.8) is 0 Å². The summed E-state index contributed by atoms with van der Waals surface area (Å²) in [6.07, 6.45) is 4.16. The van der Waals surface area contributed by atoms with Crippen molar-refractivity contribution in [1.29, 1.82) is 0 Å². The first kappa shape index (κ1) is 15.4. The minimum absolute atomic E-state index is 0.0308. The Bertz CT molecular complexity index is 551. The molecule has 1 aromatic carbocycles. The van der Waals surface area contributed by atoms with Crippen molar-refractivity contribution in [3.8, 4) is 0 Å². The third-order valence-corrected chi connectivity index (χ3v) is 5.03. The largest absolute Gasteiger partial charge is 0.391 e. The standard InChI is InChI=1S/C17H23FN2O2/c1-19(14-8-4-5-9-16(14)21)15-10-11-20(17(15)22)13-7-3-2-6-12(13)18/h2-3,6-7,14-16,21H,4-5,8-11H2,1H3. The first-order valence-corrected chi connectivity index (χ1v) is 8.05. The van der Waals surface area contributed by atoms with Gasteiger partial charge in [0.05, 0.1) is 17.8 Å². The molecule has 1 heterocycles. The molecule has 22 heavy (non-hydrogen) atoms. The Morgan fingerprint density at radius 3 is 2.68 bits per heavy atom. The van der Waals surface area contributed by atoms with Crippen molar-refractivity contribution >= 4 is 11.6 Å². The summed E-state index contributed by atoms with van der Waals surface area (Å²) in [6, 6.07) is 6.16. The number of para-hydroxylation sites is 1. The highest BCUT2D eigenvalue weighted by Gasteiger charge is 2.40. The lowest BCUT2D eigenvalue weighted by Crippen LogP contribution is -2.51. The third kappa shape index (κ3) is 2.75. The number of halogens is 1. The van der Waals surface area contributed by atoms with Crippen molar-refractivity contribution in [3.05, 3.63) is 30.1 Å². The molecule has 1 aromatic rings. The van der Waals surface area contributed by atoms with E-state index < -0.39 is 0 Å². The van der Waals surface area contributed by atoms with E-state index in [0.29, 0.717) is 18.7 Å². The van der Waals surface area contributed by atoms with Gasteiger partial charge in [-0.05, 0) is 38.4 Å². The van der Waals surface area contributed by atoms with E-state index in [1.54, 1.807) is 18.2 Å². The average molecular weight is 306 g/mol. The Hall–Kier alpha value is -1.46. The minimum Gasteiger partial charge on any atom is -0.391 e. The fraction of sp³-hybridized carbons (Fsp3) is 0.588. The lowest BCUT2D eigenvalue weighted by atomic mass is 9.90. The zero-order valence-electron chi connectivity index (χ0n) is 12.9. The van der Waals surface area contributed by atoms with Gasteiger partial charge in [-0.25, -0.2) is 4.39 Å². The van der Waals surface area contributed by atoms with Gasteiger partial charge >= 0.3 is 0 Å². The van der Waals surface area contributed by atoms with Crippen LogP contribution in [-0.2, 0) is 4.79 Å². The minimum atomic E-state index is -0.367. The highest BCUT2D eigenvalue weighted by molar-refractivity contribution is 5.99. The highest BCUT2D eigenvalue weighted by atomic mass is 19.1. The number of benzene rings is 1. The Morgan fingerprint density at radius 2 is 1.95 bits per heavy atom. The summed E-state index contributed by atoms with van der Waals surface area (Å²) in [5.41, 5.74) is 0.354. The number of hydrogen-bond acceptors (Lipinski definition) is 3. The molecule has 3 atom stereocenters. The van der Waals surface area contributed by atoms with E-state index in [4.69, 9.17) is 0 Å². The molecule has 2 fully saturated rings. The second kappa shape index (κ2) is 6.34. The van der Waals surface area contributed by atoms with Crippen LogP contribution in [0.4, 0.5) is 10.1 Å². The first-order valence-electron chi connectivity index (χ1n) is 8.05. The lowest BCUT2D eigenvalue weighted by Gasteiger charge is -2.37. The average Bonchev–Trinajstić information content (AvgIpc) is 2.89. The Labute approximate surface area is 130 Å². The summed E-state index contributed by atoms with van der Waals surface area (Å²) >= 11 is 0. The van der Waals surface area contributed by atoms with E-state index in [1.807, 2.05) is 11.9 Å².